The molecular formula is C15H18O3S3. The van der Waals surface area contributed by atoms with Crippen LogP contribution in [-0.4, -0.2) is 21.3 Å². The topological polar surface area (TPSA) is 43.4 Å². The molecule has 114 valence electrons. The number of hydrogen-bond acceptors (Lipinski definition) is 5. The van der Waals surface area contributed by atoms with E-state index < -0.39 is 10.1 Å². The van der Waals surface area contributed by atoms with Gasteiger partial charge in [0.25, 0.3) is 10.1 Å². The number of aryl methyl sites for hydroxylation is 2. The van der Waals surface area contributed by atoms with Crippen LogP contribution in [0.4, 0.5) is 0 Å². The lowest BCUT2D eigenvalue weighted by atomic mass is 10.1. The quantitative estimate of drug-likeness (QED) is 0.583. The summed E-state index contributed by atoms with van der Waals surface area (Å²) in [6.45, 7) is 4.36. The summed E-state index contributed by atoms with van der Waals surface area (Å²) in [7, 11) is -3.37. The van der Waals surface area contributed by atoms with Crippen LogP contribution in [0.2, 0.25) is 0 Å². The van der Waals surface area contributed by atoms with Gasteiger partial charge in [0.2, 0.25) is 0 Å². The van der Waals surface area contributed by atoms with Gasteiger partial charge in [0, 0.05) is 15.3 Å². The van der Waals surface area contributed by atoms with Gasteiger partial charge in [0.1, 0.15) is 0 Å². The average Bonchev–Trinajstić information content (AvgIpc) is 2.98. The highest BCUT2D eigenvalue weighted by Gasteiger charge is 2.13. The van der Waals surface area contributed by atoms with Crippen molar-refractivity contribution in [1.82, 2.24) is 0 Å². The smallest absolute Gasteiger partial charge is 0.264 e. The zero-order chi connectivity index (χ0) is 15.5. The van der Waals surface area contributed by atoms with E-state index in [0.717, 1.165) is 6.26 Å². The van der Waals surface area contributed by atoms with Crippen LogP contribution in [0.1, 0.15) is 27.3 Å². The number of thiophene rings is 2. The largest absolute Gasteiger partial charge is 0.270 e. The molecule has 0 aliphatic carbocycles. The zero-order valence-electron chi connectivity index (χ0n) is 12.3. The van der Waals surface area contributed by atoms with Crippen molar-refractivity contribution < 1.29 is 12.6 Å². The molecule has 0 spiro atoms. The van der Waals surface area contributed by atoms with E-state index in [1.54, 1.807) is 22.7 Å². The van der Waals surface area contributed by atoms with Gasteiger partial charge in [0.05, 0.1) is 12.9 Å². The average molecular weight is 343 g/mol. The summed E-state index contributed by atoms with van der Waals surface area (Å²) in [5, 5.41) is 4.16. The fourth-order valence-electron chi connectivity index (χ4n) is 1.99. The molecule has 2 aromatic heterocycles. The highest BCUT2D eigenvalue weighted by Crippen LogP contribution is 2.35. The number of rotatable bonds is 6. The Balaban J connectivity index is 2.25. The maximum atomic E-state index is 11.0. The summed E-state index contributed by atoms with van der Waals surface area (Å²) in [5.74, 6) is 0. The molecule has 0 N–H and O–H groups in total. The van der Waals surface area contributed by atoms with Gasteiger partial charge in [-0.3, -0.25) is 4.18 Å². The van der Waals surface area contributed by atoms with Crippen molar-refractivity contribution in [2.24, 2.45) is 0 Å². The van der Waals surface area contributed by atoms with Gasteiger partial charge in [-0.15, -0.1) is 22.7 Å². The summed E-state index contributed by atoms with van der Waals surface area (Å²) in [5.41, 5.74) is 3.65. The van der Waals surface area contributed by atoms with Gasteiger partial charge in [-0.05, 0) is 54.3 Å². The van der Waals surface area contributed by atoms with Crippen LogP contribution in [0.3, 0.4) is 0 Å². The summed E-state index contributed by atoms with van der Waals surface area (Å²) >= 11 is 3.41. The molecule has 0 aliphatic heterocycles. The molecule has 0 bridgehead atoms. The maximum Gasteiger partial charge on any atom is 0.264 e. The third-order valence-electron chi connectivity index (χ3n) is 2.98. The van der Waals surface area contributed by atoms with Gasteiger partial charge in [-0.2, -0.15) is 8.42 Å². The minimum atomic E-state index is -3.37. The van der Waals surface area contributed by atoms with Gasteiger partial charge >= 0.3 is 0 Å². The molecule has 0 saturated heterocycles. The first-order chi connectivity index (χ1) is 9.88. The van der Waals surface area contributed by atoms with E-state index in [1.807, 2.05) is 0 Å². The van der Waals surface area contributed by atoms with Crippen LogP contribution in [-0.2, 0) is 14.3 Å². The Kier molecular flexibility index (Phi) is 5.37. The lowest BCUT2D eigenvalue weighted by molar-refractivity contribution is 0.328. The summed E-state index contributed by atoms with van der Waals surface area (Å²) in [6.07, 6.45) is 3.71. The fraction of sp³-hybridized carbons (Fsp3) is 0.333. The van der Waals surface area contributed by atoms with Crippen molar-refractivity contribution >= 4 is 38.4 Å². The summed E-state index contributed by atoms with van der Waals surface area (Å²) in [6, 6.07) is 4.20. The van der Waals surface area contributed by atoms with Crippen molar-refractivity contribution in [2.75, 3.05) is 12.9 Å². The maximum absolute atomic E-state index is 11.0. The highest BCUT2D eigenvalue weighted by molar-refractivity contribution is 7.85. The van der Waals surface area contributed by atoms with Crippen molar-refractivity contribution in [2.45, 2.75) is 20.3 Å². The molecule has 0 radical (unpaired) electrons. The third kappa shape index (κ3) is 4.51. The number of hydrogen-bond donors (Lipinski definition) is 0. The second-order valence-corrected chi connectivity index (χ2v) is 8.27. The minimum absolute atomic E-state index is 0.178. The second kappa shape index (κ2) is 6.87. The van der Waals surface area contributed by atoms with E-state index in [4.69, 9.17) is 4.18 Å². The van der Waals surface area contributed by atoms with Crippen molar-refractivity contribution in [3.63, 3.8) is 0 Å². The second-order valence-electron chi connectivity index (χ2n) is 4.80. The lowest BCUT2D eigenvalue weighted by Crippen LogP contribution is -2.03. The molecule has 0 amide bonds. The third-order valence-corrected chi connectivity index (χ3v) is 5.67. The van der Waals surface area contributed by atoms with E-state index in [1.165, 1.54) is 26.5 Å². The molecule has 0 atom stereocenters. The molecule has 21 heavy (non-hydrogen) atoms. The Hall–Kier alpha value is -0.950. The van der Waals surface area contributed by atoms with E-state index >= 15 is 0 Å². The van der Waals surface area contributed by atoms with E-state index in [2.05, 4.69) is 42.8 Å². The van der Waals surface area contributed by atoms with Gasteiger partial charge in [0.15, 0.2) is 0 Å². The summed E-state index contributed by atoms with van der Waals surface area (Å²) in [4.78, 5) is 2.47. The molecule has 0 fully saturated rings. The zero-order valence-corrected chi connectivity index (χ0v) is 14.7. The minimum Gasteiger partial charge on any atom is -0.270 e. The molecular weight excluding hydrogens is 324 g/mol. The van der Waals surface area contributed by atoms with Gasteiger partial charge < -0.3 is 0 Å². The Morgan fingerprint density at radius 1 is 1.14 bits per heavy atom. The van der Waals surface area contributed by atoms with Crippen LogP contribution < -0.4 is 0 Å². The first-order valence-corrected chi connectivity index (χ1v) is 10.1. The van der Waals surface area contributed by atoms with Gasteiger partial charge in [-0.25, -0.2) is 0 Å². The van der Waals surface area contributed by atoms with E-state index in [-0.39, 0.29) is 6.61 Å². The van der Waals surface area contributed by atoms with Gasteiger partial charge in [-0.1, -0.05) is 6.08 Å². The first kappa shape index (κ1) is 16.4. The molecule has 0 aromatic carbocycles. The Bertz CT molecular complexity index is 694. The first-order valence-electron chi connectivity index (χ1n) is 6.52. The lowest BCUT2D eigenvalue weighted by Gasteiger charge is -2.07. The van der Waals surface area contributed by atoms with E-state index in [0.29, 0.717) is 6.42 Å². The molecule has 3 nitrogen and oxygen atoms in total. The van der Waals surface area contributed by atoms with Crippen LogP contribution in [0.15, 0.2) is 29.0 Å². The molecule has 0 saturated carbocycles. The summed E-state index contributed by atoms with van der Waals surface area (Å²) < 4.78 is 26.8. The predicted octanol–water partition coefficient (Wildman–Crippen LogP) is 4.22. The van der Waals surface area contributed by atoms with Crippen LogP contribution >= 0.6 is 22.7 Å². The fourth-order valence-corrected chi connectivity index (χ4v) is 4.40. The van der Waals surface area contributed by atoms with Crippen LogP contribution in [0.25, 0.3) is 5.57 Å². The normalized spacial score (nSPS) is 11.6. The molecule has 0 unspecified atom stereocenters. The van der Waals surface area contributed by atoms with Crippen molar-refractivity contribution in [1.29, 1.82) is 0 Å². The SMILES string of the molecule is Cc1ccsc1C(=CCCOS(C)(=O)=O)c1sccc1C. The monoisotopic (exact) mass is 342 g/mol. The Morgan fingerprint density at radius 3 is 2.05 bits per heavy atom. The predicted molar refractivity (Wildman–Crippen MR) is 90.6 cm³/mol. The molecule has 2 rings (SSSR count). The molecule has 2 heterocycles. The molecule has 2 aromatic rings. The Morgan fingerprint density at radius 2 is 1.67 bits per heavy atom. The molecule has 6 heteroatoms. The van der Waals surface area contributed by atoms with Crippen molar-refractivity contribution in [3.05, 3.63) is 49.9 Å². The standard InChI is InChI=1S/C15H18O3S3/c1-11-6-9-19-14(11)13(15-12(2)7-10-20-15)5-4-8-18-21(3,16)17/h5-7,9-10H,4,8H2,1-3H3. The van der Waals surface area contributed by atoms with Crippen LogP contribution in [0, 0.1) is 13.8 Å². The highest BCUT2D eigenvalue weighted by atomic mass is 32.2. The van der Waals surface area contributed by atoms with Crippen LogP contribution in [0.5, 0.6) is 0 Å². The Labute approximate surface area is 134 Å². The molecule has 0 aliphatic rings. The van der Waals surface area contributed by atoms with Crippen molar-refractivity contribution in [3.8, 4) is 0 Å². The van der Waals surface area contributed by atoms with E-state index in [9.17, 15) is 8.42 Å².